The van der Waals surface area contributed by atoms with Crippen LogP contribution in [-0.2, 0) is 33.7 Å². The van der Waals surface area contributed by atoms with E-state index in [-0.39, 0.29) is 46.2 Å². The second-order valence-electron chi connectivity index (χ2n) is 13.3. The largest absolute Gasteiger partial charge is 0.481 e. The number of nitrogens with zero attached hydrogens (tertiary/aromatic N) is 3. The van der Waals surface area contributed by atoms with E-state index >= 15 is 0 Å². The smallest absolute Gasteiger partial charge is 0.308 e. The predicted molar refractivity (Wildman–Crippen MR) is 165 cm³/mol. The lowest BCUT2D eigenvalue weighted by atomic mass is 9.70. The van der Waals surface area contributed by atoms with Gasteiger partial charge in [-0.25, -0.2) is 4.98 Å². The Hall–Kier alpha value is -1.17. The number of carboxylic acid groups (broad SMARTS) is 1. The average molecular weight is 623 g/mol. The van der Waals surface area contributed by atoms with E-state index in [9.17, 15) is 14.7 Å². The minimum Gasteiger partial charge on any atom is -0.481 e. The molecule has 3 aliphatic heterocycles. The molecule has 1 saturated carbocycles. The number of thioether (sulfide) groups is 1. The van der Waals surface area contributed by atoms with Crippen LogP contribution in [0.25, 0.3) is 0 Å². The first-order valence-corrected chi connectivity index (χ1v) is 17.4. The molecule has 1 aromatic heterocycles. The van der Waals surface area contributed by atoms with Crippen LogP contribution in [-0.4, -0.2) is 99.0 Å². The summed E-state index contributed by atoms with van der Waals surface area (Å²) in [5.74, 6) is 1.02. The van der Waals surface area contributed by atoms with Crippen LogP contribution in [0.3, 0.4) is 0 Å². The van der Waals surface area contributed by atoms with E-state index in [2.05, 4.69) is 17.1 Å². The van der Waals surface area contributed by atoms with E-state index < -0.39 is 5.97 Å². The van der Waals surface area contributed by atoms with Gasteiger partial charge in [-0.1, -0.05) is 0 Å². The number of nitrogens with one attached hydrogen (secondary N) is 1. The molecule has 6 rings (SSSR count). The Morgan fingerprint density at radius 1 is 1.21 bits per heavy atom. The lowest BCUT2D eigenvalue weighted by Crippen LogP contribution is -2.57. The van der Waals surface area contributed by atoms with Crippen LogP contribution in [0.5, 0.6) is 0 Å². The number of fused-ring (bicyclic) bond motifs is 2. The first-order valence-electron chi connectivity index (χ1n) is 16.0. The number of aliphatic carboxylic acids is 1. The van der Waals surface area contributed by atoms with Gasteiger partial charge in [0.1, 0.15) is 5.82 Å². The summed E-state index contributed by atoms with van der Waals surface area (Å²) in [7, 11) is 1.79. The van der Waals surface area contributed by atoms with E-state index in [1.165, 1.54) is 0 Å². The average Bonchev–Trinajstić information content (AvgIpc) is 3.62. The van der Waals surface area contributed by atoms with Crippen molar-refractivity contribution in [2.45, 2.75) is 113 Å². The molecule has 3 saturated heterocycles. The summed E-state index contributed by atoms with van der Waals surface area (Å²) in [5, 5.41) is 13.8. The van der Waals surface area contributed by atoms with Crippen molar-refractivity contribution in [2.75, 3.05) is 32.6 Å². The summed E-state index contributed by atoms with van der Waals surface area (Å²) < 4.78 is 14.0. The molecule has 10 atom stereocenters. The summed E-state index contributed by atoms with van der Waals surface area (Å²) in [4.78, 5) is 33.1. The van der Waals surface area contributed by atoms with Gasteiger partial charge in [-0.15, -0.1) is 11.6 Å². The van der Waals surface area contributed by atoms with Crippen molar-refractivity contribution in [2.24, 2.45) is 17.8 Å². The highest BCUT2D eigenvalue weighted by Gasteiger charge is 2.51. The highest BCUT2D eigenvalue weighted by atomic mass is 35.5. The summed E-state index contributed by atoms with van der Waals surface area (Å²) in [6.45, 7) is 7.02. The molecule has 4 fully saturated rings. The fourth-order valence-corrected chi connectivity index (χ4v) is 10.7. The maximum Gasteiger partial charge on any atom is 0.308 e. The Bertz CT molecular complexity index is 1200. The monoisotopic (exact) mass is 622 g/mol. The number of carbonyl (C=O) groups is 1. The van der Waals surface area contributed by atoms with E-state index in [0.29, 0.717) is 37.0 Å². The number of halogens is 1. The van der Waals surface area contributed by atoms with Crippen molar-refractivity contribution in [1.82, 2.24) is 19.8 Å². The lowest BCUT2D eigenvalue weighted by Gasteiger charge is -2.47. The van der Waals surface area contributed by atoms with E-state index in [1.807, 2.05) is 23.3 Å². The molecule has 0 radical (unpaired) electrons. The van der Waals surface area contributed by atoms with Crippen LogP contribution in [0, 0.1) is 24.7 Å². The minimum atomic E-state index is -0.701. The zero-order chi connectivity index (χ0) is 29.5. The van der Waals surface area contributed by atoms with Gasteiger partial charge in [0.2, 0.25) is 0 Å². The van der Waals surface area contributed by atoms with Crippen molar-refractivity contribution in [1.29, 1.82) is 0 Å². The molecule has 0 aromatic carbocycles. The number of alkyl halides is 1. The number of methoxy groups -OCH3 is 1. The third-order valence-corrected chi connectivity index (χ3v) is 12.8. The number of hydrogen-bond acceptors (Lipinski definition) is 8. The van der Waals surface area contributed by atoms with E-state index in [4.69, 9.17) is 26.1 Å². The van der Waals surface area contributed by atoms with E-state index in [0.717, 1.165) is 81.5 Å². The highest BCUT2D eigenvalue weighted by Crippen LogP contribution is 2.48. The maximum atomic E-state index is 13.7. The van der Waals surface area contributed by atoms with Gasteiger partial charge in [-0.3, -0.25) is 19.1 Å². The second kappa shape index (κ2) is 13.1. The molecule has 8 unspecified atom stereocenters. The lowest BCUT2D eigenvalue weighted by molar-refractivity contribution is -0.142. The fraction of sp³-hybridized carbons (Fsp3) is 0.839. The molecule has 5 aliphatic rings. The Balaban J connectivity index is 1.13. The number of rotatable bonds is 8. The summed E-state index contributed by atoms with van der Waals surface area (Å²) in [6.07, 6.45) is 7.77. The summed E-state index contributed by atoms with van der Waals surface area (Å²) >= 11 is 8.54. The maximum absolute atomic E-state index is 13.7. The SMILES string of the molecule is CO[C@@H]1CCN([C@H]2CCc3nc(C)n(CCOC4CCC(Cl)CC4C4CC(C)NC5C(C(=O)O)CSC45)c(=O)c3C2)C1. The number of likely N-dealkylation sites (tertiary alicyclic amines) is 1. The Kier molecular flexibility index (Phi) is 9.58. The van der Waals surface area contributed by atoms with Crippen LogP contribution in [0.15, 0.2) is 4.79 Å². The summed E-state index contributed by atoms with van der Waals surface area (Å²) in [6, 6.07) is 0.627. The van der Waals surface area contributed by atoms with Crippen molar-refractivity contribution < 1.29 is 19.4 Å². The third-order valence-electron chi connectivity index (χ3n) is 10.8. The standard InChI is InChI=1S/C31H47ClN4O5S/c1-17-12-23(29-28(33-17)25(16-42-29)31(38)39)22-13-19(32)4-7-27(22)41-11-10-36-18(2)34-26-6-5-20(14-24(26)30(36)37)35-9-8-21(15-35)40-3/h17,19-23,25,27-29,33H,4-16H2,1-3H3,(H,38,39)/t17?,19?,20-,21+,22?,23?,25?,27?,28?,29?/m0/s1. The molecule has 0 amide bonds. The van der Waals surface area contributed by atoms with Gasteiger partial charge < -0.3 is 19.9 Å². The number of aromatic nitrogens is 2. The van der Waals surface area contributed by atoms with Gasteiger partial charge >= 0.3 is 5.97 Å². The number of ether oxygens (including phenoxy) is 2. The zero-order valence-electron chi connectivity index (χ0n) is 25.2. The molecule has 2 aliphatic carbocycles. The Morgan fingerprint density at radius 2 is 2.05 bits per heavy atom. The van der Waals surface area contributed by atoms with Crippen LogP contribution >= 0.6 is 23.4 Å². The molecule has 42 heavy (non-hydrogen) atoms. The molecular formula is C31H47ClN4O5S. The molecule has 234 valence electrons. The summed E-state index contributed by atoms with van der Waals surface area (Å²) in [5.41, 5.74) is 1.93. The molecule has 4 heterocycles. The number of aryl methyl sites for hydroxylation is 2. The highest BCUT2D eigenvalue weighted by molar-refractivity contribution is 8.00. The van der Waals surface area contributed by atoms with Crippen molar-refractivity contribution in [3.05, 3.63) is 27.4 Å². The second-order valence-corrected chi connectivity index (χ2v) is 15.1. The zero-order valence-corrected chi connectivity index (χ0v) is 26.7. The van der Waals surface area contributed by atoms with Crippen LogP contribution in [0.4, 0.5) is 0 Å². The Morgan fingerprint density at radius 3 is 2.81 bits per heavy atom. The van der Waals surface area contributed by atoms with Gasteiger partial charge in [-0.2, -0.15) is 11.8 Å². The first kappa shape index (κ1) is 30.8. The normalized spacial score (nSPS) is 38.8. The molecule has 1 aromatic rings. The molecule has 0 bridgehead atoms. The van der Waals surface area contributed by atoms with Crippen LogP contribution in [0.2, 0.25) is 0 Å². The molecule has 0 spiro atoms. The van der Waals surface area contributed by atoms with Gasteiger partial charge in [-0.05, 0) is 77.0 Å². The number of carboxylic acids is 1. The minimum absolute atomic E-state index is 0.00910. The van der Waals surface area contributed by atoms with Crippen LogP contribution in [0.1, 0.15) is 62.5 Å². The van der Waals surface area contributed by atoms with Crippen molar-refractivity contribution in [3.8, 4) is 0 Å². The molecular weight excluding hydrogens is 576 g/mol. The van der Waals surface area contributed by atoms with Gasteiger partial charge in [0, 0.05) is 60.3 Å². The predicted octanol–water partition coefficient (Wildman–Crippen LogP) is 3.11. The van der Waals surface area contributed by atoms with Crippen molar-refractivity contribution >= 4 is 29.3 Å². The molecule has 11 heteroatoms. The quantitative estimate of drug-likeness (QED) is 0.423. The topological polar surface area (TPSA) is 106 Å². The number of piperidine rings is 1. The van der Waals surface area contributed by atoms with Gasteiger partial charge in [0.25, 0.3) is 5.56 Å². The molecule has 9 nitrogen and oxygen atoms in total. The number of hydrogen-bond donors (Lipinski definition) is 2. The first-order chi connectivity index (χ1) is 20.2. The third kappa shape index (κ3) is 6.18. The van der Waals surface area contributed by atoms with Crippen molar-refractivity contribution in [3.63, 3.8) is 0 Å². The molecule has 2 N–H and O–H groups in total. The fourth-order valence-electron chi connectivity index (χ4n) is 8.57. The Labute approximate surface area is 258 Å². The van der Waals surface area contributed by atoms with Crippen LogP contribution < -0.4 is 10.9 Å². The van der Waals surface area contributed by atoms with E-state index in [1.54, 1.807) is 7.11 Å². The van der Waals surface area contributed by atoms with Gasteiger partial charge in [0.15, 0.2) is 0 Å². The van der Waals surface area contributed by atoms with Gasteiger partial charge in [0.05, 0.1) is 37.0 Å².